The van der Waals surface area contributed by atoms with E-state index in [1.165, 1.54) is 29.7 Å². The molecule has 0 aliphatic heterocycles. The molecule has 1 aliphatic rings. The molecular weight excluding hydrogens is 517 g/mol. The van der Waals surface area contributed by atoms with Gasteiger partial charge in [0.2, 0.25) is 5.54 Å². The lowest BCUT2D eigenvalue weighted by Gasteiger charge is -2.41. The van der Waals surface area contributed by atoms with E-state index in [4.69, 9.17) is 0 Å². The monoisotopic (exact) mass is 540 g/mol. The van der Waals surface area contributed by atoms with Crippen molar-refractivity contribution in [3.05, 3.63) is 65.7 Å². The largest absolute Gasteiger partial charge is 0.419 e. The smallest absolute Gasteiger partial charge is 0.298 e. The number of Topliss-reactive ketones (excluding diaryl/α,β-unsaturated/α-hetero) is 1. The van der Waals surface area contributed by atoms with Crippen LogP contribution in [0, 0.1) is 11.2 Å². The third kappa shape index (κ3) is 6.23. The molecule has 13 heteroatoms. The number of alkyl halides is 6. The first-order valence-electron chi connectivity index (χ1n) is 10.8. The molecule has 0 spiro atoms. The maximum atomic E-state index is 14.3. The van der Waals surface area contributed by atoms with Gasteiger partial charge in [-0.2, -0.15) is 26.3 Å². The molecule has 5 nitrogen and oxygen atoms in total. The predicted molar refractivity (Wildman–Crippen MR) is 116 cm³/mol. The van der Waals surface area contributed by atoms with E-state index in [-0.39, 0.29) is 5.69 Å². The number of pyridine rings is 1. The number of hydrogen-bond donors (Lipinski definition) is 1. The van der Waals surface area contributed by atoms with Crippen molar-refractivity contribution >= 4 is 15.6 Å². The highest BCUT2D eigenvalue weighted by Crippen LogP contribution is 2.51. The summed E-state index contributed by atoms with van der Waals surface area (Å²) in [5.41, 5.74) is -6.88. The van der Waals surface area contributed by atoms with Crippen molar-refractivity contribution in [3.8, 4) is 0 Å². The van der Waals surface area contributed by atoms with Gasteiger partial charge in [0, 0.05) is 12.6 Å². The van der Waals surface area contributed by atoms with Crippen molar-refractivity contribution in [1.29, 1.82) is 0 Å². The molecule has 0 unspecified atom stereocenters. The van der Waals surface area contributed by atoms with Gasteiger partial charge in [-0.15, -0.1) is 0 Å². The first kappa shape index (κ1) is 28.0. The van der Waals surface area contributed by atoms with Crippen molar-refractivity contribution in [3.63, 3.8) is 0 Å². The second kappa shape index (κ2) is 9.73. The van der Waals surface area contributed by atoms with Gasteiger partial charge in [0.25, 0.3) is 0 Å². The summed E-state index contributed by atoms with van der Waals surface area (Å²) < 4.78 is 125. The lowest BCUT2D eigenvalue weighted by Crippen LogP contribution is -2.67. The molecule has 198 valence electrons. The number of sulfone groups is 1. The molecule has 1 aromatic carbocycles. The highest BCUT2D eigenvalue weighted by molar-refractivity contribution is 7.90. The highest BCUT2D eigenvalue weighted by Gasteiger charge is 2.72. The van der Waals surface area contributed by atoms with Gasteiger partial charge < -0.3 is 0 Å². The van der Waals surface area contributed by atoms with Crippen LogP contribution in [0.25, 0.3) is 0 Å². The minimum absolute atomic E-state index is 0.00861. The average molecular weight is 541 g/mol. The van der Waals surface area contributed by atoms with Crippen molar-refractivity contribution in [1.82, 2.24) is 10.3 Å². The molecule has 1 N–H and O–H groups in total. The maximum Gasteiger partial charge on any atom is 0.419 e. The van der Waals surface area contributed by atoms with E-state index >= 15 is 0 Å². The zero-order chi connectivity index (χ0) is 27.0. The van der Waals surface area contributed by atoms with Crippen molar-refractivity contribution in [2.45, 2.75) is 55.9 Å². The Hall–Kier alpha value is -2.54. The van der Waals surface area contributed by atoms with Crippen LogP contribution in [0.4, 0.5) is 30.7 Å². The van der Waals surface area contributed by atoms with Crippen LogP contribution in [-0.4, -0.2) is 43.3 Å². The van der Waals surface area contributed by atoms with E-state index in [1.54, 1.807) is 6.92 Å². The van der Waals surface area contributed by atoms with Gasteiger partial charge in [0.15, 0.2) is 15.6 Å². The highest BCUT2D eigenvalue weighted by atomic mass is 32.2. The number of nitrogens with one attached hydrogen (secondary N) is 1. The van der Waals surface area contributed by atoms with Crippen LogP contribution in [0.2, 0.25) is 0 Å². The third-order valence-corrected chi connectivity index (χ3v) is 7.70. The van der Waals surface area contributed by atoms with Crippen LogP contribution in [0.1, 0.15) is 37.4 Å². The van der Waals surface area contributed by atoms with Crippen LogP contribution in [0.5, 0.6) is 0 Å². The Bertz CT molecular complexity index is 1160. The quantitative estimate of drug-likeness (QED) is 0.435. The summed E-state index contributed by atoms with van der Waals surface area (Å²) in [7, 11) is -4.41. The molecule has 3 rings (SSSR count). The summed E-state index contributed by atoms with van der Waals surface area (Å²) in [5.74, 6) is -4.30. The number of aromatic nitrogens is 1. The van der Waals surface area contributed by atoms with Gasteiger partial charge in [-0.05, 0) is 48.1 Å². The van der Waals surface area contributed by atoms with E-state index in [1.807, 2.05) is 0 Å². The molecule has 0 saturated heterocycles. The molecular formula is C23H23F7N2O3S. The molecule has 0 radical (unpaired) electrons. The molecule has 1 aliphatic carbocycles. The Morgan fingerprint density at radius 2 is 1.61 bits per heavy atom. The van der Waals surface area contributed by atoms with Crippen LogP contribution >= 0.6 is 0 Å². The van der Waals surface area contributed by atoms with Crippen molar-refractivity contribution < 1.29 is 43.9 Å². The number of carbonyl (C=O) groups is 1. The summed E-state index contributed by atoms with van der Waals surface area (Å²) in [6, 6.07) is 3.35. The van der Waals surface area contributed by atoms with Gasteiger partial charge in [-0.3, -0.25) is 15.1 Å². The van der Waals surface area contributed by atoms with Gasteiger partial charge in [-0.25, -0.2) is 12.8 Å². The molecule has 1 atom stereocenters. The lowest BCUT2D eigenvalue weighted by atomic mass is 9.86. The first-order valence-corrected chi connectivity index (χ1v) is 12.6. The van der Waals surface area contributed by atoms with Crippen molar-refractivity contribution in [2.24, 2.45) is 5.41 Å². The lowest BCUT2D eigenvalue weighted by molar-refractivity contribution is -0.315. The number of halogens is 7. The minimum Gasteiger partial charge on any atom is -0.298 e. The van der Waals surface area contributed by atoms with E-state index in [0.717, 1.165) is 0 Å². The molecule has 1 saturated carbocycles. The molecule has 0 bridgehead atoms. The summed E-state index contributed by atoms with van der Waals surface area (Å²) in [4.78, 5) is 16.8. The molecule has 36 heavy (non-hydrogen) atoms. The van der Waals surface area contributed by atoms with E-state index in [0.29, 0.717) is 37.1 Å². The van der Waals surface area contributed by atoms with Gasteiger partial charge in [-0.1, -0.05) is 25.1 Å². The summed E-state index contributed by atoms with van der Waals surface area (Å²) >= 11 is 0. The maximum absolute atomic E-state index is 14.3. The molecule has 0 amide bonds. The number of rotatable bonds is 10. The zero-order valence-electron chi connectivity index (χ0n) is 19.0. The molecule has 2 aromatic rings. The second-order valence-corrected chi connectivity index (χ2v) is 11.4. The molecule has 1 aromatic heterocycles. The van der Waals surface area contributed by atoms with E-state index < -0.39 is 74.3 Å². The van der Waals surface area contributed by atoms with Gasteiger partial charge in [0.05, 0.1) is 23.2 Å². The fourth-order valence-corrected chi connectivity index (χ4v) is 5.38. The van der Waals surface area contributed by atoms with Crippen LogP contribution in [0.15, 0.2) is 48.7 Å². The topological polar surface area (TPSA) is 76.1 Å². The van der Waals surface area contributed by atoms with Crippen LogP contribution in [0.3, 0.4) is 0 Å². The Morgan fingerprint density at radius 1 is 1.03 bits per heavy atom. The Labute approximate surface area is 203 Å². The summed E-state index contributed by atoms with van der Waals surface area (Å²) in [6.45, 7) is 1.63. The zero-order valence-corrected chi connectivity index (χ0v) is 19.8. The normalized spacial score (nSPS) is 17.0. The molecule has 1 heterocycles. The van der Waals surface area contributed by atoms with E-state index in [2.05, 4.69) is 4.98 Å². The fourth-order valence-electron chi connectivity index (χ4n) is 3.87. The number of benzene rings is 1. The average Bonchev–Trinajstić information content (AvgIpc) is 3.46. The minimum atomic E-state index is -6.07. The third-order valence-electron chi connectivity index (χ3n) is 6.13. The Morgan fingerprint density at radius 3 is 2.08 bits per heavy atom. The second-order valence-electron chi connectivity index (χ2n) is 9.28. The van der Waals surface area contributed by atoms with E-state index in [9.17, 15) is 43.9 Å². The first-order chi connectivity index (χ1) is 16.5. The van der Waals surface area contributed by atoms with Gasteiger partial charge >= 0.3 is 12.4 Å². The summed E-state index contributed by atoms with van der Waals surface area (Å²) in [6.07, 6.45) is -10.2. The fraction of sp³-hybridized carbons (Fsp3) is 0.478. The number of hydrogen-bond acceptors (Lipinski definition) is 5. The Kier molecular flexibility index (Phi) is 7.58. The van der Waals surface area contributed by atoms with Crippen LogP contribution < -0.4 is 5.32 Å². The number of ketones is 1. The summed E-state index contributed by atoms with van der Waals surface area (Å²) in [5, 5.41) is 1.35. The number of carbonyl (C=O) groups excluding carboxylic acids is 1. The van der Waals surface area contributed by atoms with Gasteiger partial charge in [0.1, 0.15) is 5.82 Å². The predicted octanol–water partition coefficient (Wildman–Crippen LogP) is 4.87. The van der Waals surface area contributed by atoms with Crippen LogP contribution in [-0.2, 0) is 25.9 Å². The number of nitrogens with zero attached hydrogens (tertiary/aromatic N) is 1. The SMILES string of the molecule is CC1(CC(=O)[C@H](CS(=O)(=O)Cc2ccccn2)NC(c2ccc(F)cc2)(C(F)(F)F)C(F)(F)F)CC1. The Balaban J connectivity index is 2.07. The molecule has 1 fully saturated rings. The van der Waals surface area contributed by atoms with Crippen molar-refractivity contribution in [2.75, 3.05) is 5.75 Å². The standard InChI is InChI=1S/C23H23F7N2O3S/c1-20(9-10-20)12-19(33)18(14-36(34,35)13-17-4-2-3-11-31-17)32-21(22(25,26)27,23(28,29)30)15-5-7-16(24)8-6-15/h2-8,11,18,32H,9-10,12-14H2,1H3/t18-/m0/s1.